The fourth-order valence-electron chi connectivity index (χ4n) is 2.89. The van der Waals surface area contributed by atoms with E-state index >= 15 is 0 Å². The van der Waals surface area contributed by atoms with E-state index in [0.717, 1.165) is 24.0 Å². The molecule has 0 aliphatic carbocycles. The molecule has 0 amide bonds. The van der Waals surface area contributed by atoms with Gasteiger partial charge < -0.3 is 10.4 Å². The van der Waals surface area contributed by atoms with E-state index in [1.165, 1.54) is 22.0 Å². The molecule has 1 unspecified atom stereocenters. The van der Waals surface area contributed by atoms with Gasteiger partial charge in [0.05, 0.1) is 0 Å². The minimum Gasteiger partial charge on any atom is -0.507 e. The monoisotopic (exact) mass is 343 g/mol. The summed E-state index contributed by atoms with van der Waals surface area (Å²) in [5.74, 6) is 0.462. The maximum absolute atomic E-state index is 10.9. The maximum Gasteiger partial charge on any atom is 0.127 e. The van der Waals surface area contributed by atoms with Gasteiger partial charge >= 0.3 is 0 Å². The van der Waals surface area contributed by atoms with E-state index in [1.807, 2.05) is 0 Å². The molecule has 2 nitrogen and oxygen atoms in total. The van der Waals surface area contributed by atoms with Crippen LogP contribution in [0.15, 0.2) is 30.3 Å². The number of aryl methyl sites for hydroxylation is 2. The molecule has 0 radical (unpaired) electrons. The Morgan fingerprint density at radius 1 is 1.12 bits per heavy atom. The highest BCUT2D eigenvalue weighted by Gasteiger charge is 2.21. The number of phenolic OH excluding ortho intramolecular Hbond substituents is 1. The maximum atomic E-state index is 10.9. The van der Waals surface area contributed by atoms with Crippen LogP contribution in [0.3, 0.4) is 0 Å². The molecule has 0 saturated heterocycles. The topological polar surface area (TPSA) is 32.3 Å². The number of hydrogen-bond acceptors (Lipinski definition) is 2. The minimum atomic E-state index is -0.0618. The summed E-state index contributed by atoms with van der Waals surface area (Å²) in [5, 5.41) is 16.7. The van der Waals surface area contributed by atoms with E-state index in [2.05, 4.69) is 77.2 Å². The smallest absolute Gasteiger partial charge is 0.127 e. The van der Waals surface area contributed by atoms with Crippen molar-refractivity contribution >= 4 is 19.2 Å². The molecule has 2 aromatic carbocycles. The number of hydrogen-bond donors (Lipinski definition) is 2. The van der Waals surface area contributed by atoms with Crippen LogP contribution in [0, 0.1) is 13.8 Å². The summed E-state index contributed by atoms with van der Waals surface area (Å²) in [6.45, 7) is 14.7. The van der Waals surface area contributed by atoms with E-state index in [1.54, 1.807) is 0 Å². The van der Waals surface area contributed by atoms with Crippen molar-refractivity contribution in [3.8, 4) is 5.75 Å². The fourth-order valence-corrected chi connectivity index (χ4v) is 4.33. The average Bonchev–Trinajstić information content (AvgIpc) is 2.49. The molecule has 24 heavy (non-hydrogen) atoms. The van der Waals surface area contributed by atoms with Gasteiger partial charge in [-0.25, -0.2) is 0 Å². The molecule has 2 rings (SSSR count). The van der Waals surface area contributed by atoms with Gasteiger partial charge in [0.2, 0.25) is 0 Å². The quantitative estimate of drug-likeness (QED) is 0.803. The standard InChI is InChI=1S/C21H30NOP/c1-7-22-13-16-10-8-9-15(3)20(16)24-18-12-14(2)11-17(19(18)23)21(4,5)6/h8-12,22-24H,7,13H2,1-6H3. The Labute approximate surface area is 148 Å². The molecule has 0 fully saturated rings. The number of phenols is 1. The van der Waals surface area contributed by atoms with Crippen molar-refractivity contribution in [1.29, 1.82) is 0 Å². The third-order valence-corrected chi connectivity index (χ3v) is 5.86. The van der Waals surface area contributed by atoms with E-state index in [0.29, 0.717) is 14.3 Å². The van der Waals surface area contributed by atoms with E-state index in [9.17, 15) is 5.11 Å². The highest BCUT2D eigenvalue weighted by Crippen LogP contribution is 2.33. The van der Waals surface area contributed by atoms with Crippen LogP contribution in [-0.4, -0.2) is 11.7 Å². The van der Waals surface area contributed by atoms with Gasteiger partial charge in [-0.2, -0.15) is 0 Å². The number of rotatable bonds is 5. The van der Waals surface area contributed by atoms with Crippen LogP contribution in [0.4, 0.5) is 0 Å². The molecule has 3 heteroatoms. The lowest BCUT2D eigenvalue weighted by atomic mass is 9.85. The number of nitrogens with one attached hydrogen (secondary N) is 1. The van der Waals surface area contributed by atoms with Crippen molar-refractivity contribution in [2.75, 3.05) is 6.54 Å². The van der Waals surface area contributed by atoms with Crippen LogP contribution in [0.5, 0.6) is 5.75 Å². The summed E-state index contributed by atoms with van der Waals surface area (Å²) in [5.41, 5.74) is 4.80. The van der Waals surface area contributed by atoms with Crippen molar-refractivity contribution < 1.29 is 5.11 Å². The first kappa shape index (κ1) is 19.0. The van der Waals surface area contributed by atoms with Gasteiger partial charge in [0.15, 0.2) is 0 Å². The SMILES string of the molecule is CCNCc1cccc(C)c1Pc1cc(C)cc(C(C)(C)C)c1O. The van der Waals surface area contributed by atoms with Crippen LogP contribution >= 0.6 is 8.58 Å². The lowest BCUT2D eigenvalue weighted by Crippen LogP contribution is -2.21. The molecule has 0 spiro atoms. The van der Waals surface area contributed by atoms with Gasteiger partial charge in [-0.1, -0.05) is 60.5 Å². The molecule has 2 N–H and O–H groups in total. The first-order valence-corrected chi connectivity index (χ1v) is 9.64. The molecule has 1 atom stereocenters. The Kier molecular flexibility index (Phi) is 6.06. The Morgan fingerprint density at radius 3 is 2.46 bits per heavy atom. The van der Waals surface area contributed by atoms with Gasteiger partial charge in [0.25, 0.3) is 0 Å². The van der Waals surface area contributed by atoms with Crippen LogP contribution < -0.4 is 15.9 Å². The van der Waals surface area contributed by atoms with Crippen molar-refractivity contribution in [2.24, 2.45) is 0 Å². The summed E-state index contributed by atoms with van der Waals surface area (Å²) in [7, 11) is 0.466. The molecule has 0 aliphatic rings. The summed E-state index contributed by atoms with van der Waals surface area (Å²) in [4.78, 5) is 0. The second kappa shape index (κ2) is 7.68. The molecule has 0 aliphatic heterocycles. The van der Waals surface area contributed by atoms with Gasteiger partial charge in [-0.05, 0) is 53.9 Å². The highest BCUT2D eigenvalue weighted by molar-refractivity contribution is 7.56. The molecule has 0 bridgehead atoms. The van der Waals surface area contributed by atoms with Crippen LogP contribution in [0.1, 0.15) is 49.9 Å². The normalized spacial score (nSPS) is 12.2. The van der Waals surface area contributed by atoms with Gasteiger partial charge in [0, 0.05) is 17.4 Å². The van der Waals surface area contributed by atoms with E-state index < -0.39 is 0 Å². The predicted octanol–water partition coefficient (Wildman–Crippen LogP) is 4.05. The van der Waals surface area contributed by atoms with E-state index in [4.69, 9.17) is 0 Å². The zero-order valence-corrected chi connectivity index (χ0v) is 16.7. The first-order valence-electron chi connectivity index (χ1n) is 8.64. The van der Waals surface area contributed by atoms with Gasteiger partial charge in [0.1, 0.15) is 5.75 Å². The first-order chi connectivity index (χ1) is 11.2. The Morgan fingerprint density at radius 2 is 1.83 bits per heavy atom. The Hall–Kier alpha value is -1.37. The number of aromatic hydroxyl groups is 1. The summed E-state index contributed by atoms with van der Waals surface area (Å²) in [6, 6.07) is 10.7. The zero-order valence-electron chi connectivity index (χ0n) is 15.7. The molecule has 0 saturated carbocycles. The Bertz CT molecular complexity index is 717. The lowest BCUT2D eigenvalue weighted by molar-refractivity contribution is 0.450. The van der Waals surface area contributed by atoms with Crippen LogP contribution in [-0.2, 0) is 12.0 Å². The van der Waals surface area contributed by atoms with Crippen LogP contribution in [0.25, 0.3) is 0 Å². The minimum absolute atomic E-state index is 0.0618. The molecule has 0 heterocycles. The predicted molar refractivity (Wildman–Crippen MR) is 108 cm³/mol. The third-order valence-electron chi connectivity index (χ3n) is 4.25. The lowest BCUT2D eigenvalue weighted by Gasteiger charge is -2.23. The van der Waals surface area contributed by atoms with Crippen molar-refractivity contribution in [3.63, 3.8) is 0 Å². The zero-order chi connectivity index (χ0) is 17.9. The van der Waals surface area contributed by atoms with Gasteiger partial charge in [-0.3, -0.25) is 0 Å². The number of benzene rings is 2. The molecule has 130 valence electrons. The van der Waals surface area contributed by atoms with E-state index in [-0.39, 0.29) is 5.41 Å². The average molecular weight is 343 g/mol. The third kappa shape index (κ3) is 4.37. The summed E-state index contributed by atoms with van der Waals surface area (Å²) >= 11 is 0. The Balaban J connectivity index is 2.47. The molecular weight excluding hydrogens is 313 g/mol. The highest BCUT2D eigenvalue weighted by atomic mass is 31.1. The summed E-state index contributed by atoms with van der Waals surface area (Å²) < 4.78 is 0. The molecule has 0 aromatic heterocycles. The van der Waals surface area contributed by atoms with Crippen molar-refractivity contribution in [1.82, 2.24) is 5.32 Å². The van der Waals surface area contributed by atoms with Crippen molar-refractivity contribution in [2.45, 2.75) is 53.5 Å². The largest absolute Gasteiger partial charge is 0.507 e. The van der Waals surface area contributed by atoms with Crippen LogP contribution in [0.2, 0.25) is 0 Å². The second-order valence-corrected chi connectivity index (χ2v) is 8.76. The fraction of sp³-hybridized carbons (Fsp3) is 0.429. The second-order valence-electron chi connectivity index (χ2n) is 7.47. The van der Waals surface area contributed by atoms with Gasteiger partial charge in [-0.15, -0.1) is 0 Å². The summed E-state index contributed by atoms with van der Waals surface area (Å²) in [6.07, 6.45) is 0. The van der Waals surface area contributed by atoms with Crippen molar-refractivity contribution in [3.05, 3.63) is 52.6 Å². The molecular formula is C21H30NOP. The molecule has 2 aromatic rings.